The van der Waals surface area contributed by atoms with Gasteiger partial charge in [0.15, 0.2) is 5.58 Å². The van der Waals surface area contributed by atoms with Crippen molar-refractivity contribution in [3.63, 3.8) is 0 Å². The zero-order valence-electron chi connectivity index (χ0n) is 12.5. The highest BCUT2D eigenvalue weighted by molar-refractivity contribution is 5.81. The Kier molecular flexibility index (Phi) is 3.57. The first-order chi connectivity index (χ1) is 10.1. The van der Waals surface area contributed by atoms with Crippen molar-refractivity contribution in [1.29, 1.82) is 0 Å². The number of allylic oxidation sites excluding steroid dienone is 2. The molecule has 3 nitrogen and oxygen atoms in total. The minimum atomic E-state index is 0.479. The number of fused-ring (bicyclic) bond motifs is 1. The largest absolute Gasteiger partial charge is 0.436 e. The minimum Gasteiger partial charge on any atom is -0.436 e. The lowest BCUT2D eigenvalue weighted by Gasteiger charge is -1.99. The summed E-state index contributed by atoms with van der Waals surface area (Å²) < 4.78 is 5.83. The van der Waals surface area contributed by atoms with Gasteiger partial charge in [0.25, 0.3) is 0 Å². The molecule has 1 aromatic carbocycles. The van der Waals surface area contributed by atoms with Crippen LogP contribution < -0.4 is 0 Å². The van der Waals surface area contributed by atoms with E-state index in [4.69, 9.17) is 4.42 Å². The molecule has 0 N–H and O–H groups in total. The fourth-order valence-electron chi connectivity index (χ4n) is 2.39. The van der Waals surface area contributed by atoms with Gasteiger partial charge in [0.1, 0.15) is 5.52 Å². The van der Waals surface area contributed by atoms with Crippen molar-refractivity contribution in [3.05, 3.63) is 54.7 Å². The number of oxazole rings is 1. The molecule has 0 aliphatic heterocycles. The van der Waals surface area contributed by atoms with Crippen LogP contribution in [0.5, 0.6) is 0 Å². The summed E-state index contributed by atoms with van der Waals surface area (Å²) >= 11 is 0. The van der Waals surface area contributed by atoms with Crippen molar-refractivity contribution >= 4 is 16.7 Å². The van der Waals surface area contributed by atoms with Crippen LogP contribution in [-0.4, -0.2) is 9.97 Å². The van der Waals surface area contributed by atoms with Crippen LogP contribution in [0.25, 0.3) is 27.8 Å². The van der Waals surface area contributed by atoms with Crippen LogP contribution in [0.1, 0.15) is 26.7 Å². The number of rotatable bonds is 3. The number of nitrogens with zero attached hydrogens (tertiary/aromatic N) is 2. The molecule has 21 heavy (non-hydrogen) atoms. The lowest BCUT2D eigenvalue weighted by Crippen LogP contribution is -1.84. The fourth-order valence-corrected chi connectivity index (χ4v) is 2.39. The van der Waals surface area contributed by atoms with Gasteiger partial charge in [-0.25, -0.2) is 4.98 Å². The van der Waals surface area contributed by atoms with Gasteiger partial charge >= 0.3 is 0 Å². The molecule has 106 valence electrons. The van der Waals surface area contributed by atoms with E-state index in [-0.39, 0.29) is 0 Å². The molecule has 3 rings (SSSR count). The highest BCUT2D eigenvalue weighted by Crippen LogP contribution is 2.26. The van der Waals surface area contributed by atoms with Gasteiger partial charge in [0.05, 0.1) is 0 Å². The van der Waals surface area contributed by atoms with Gasteiger partial charge in [-0.15, -0.1) is 0 Å². The molecule has 0 saturated carbocycles. The van der Waals surface area contributed by atoms with Gasteiger partial charge in [-0.2, -0.15) is 0 Å². The number of hydrogen-bond acceptors (Lipinski definition) is 3. The van der Waals surface area contributed by atoms with Crippen LogP contribution in [0.3, 0.4) is 0 Å². The second-order valence-electron chi connectivity index (χ2n) is 5.53. The molecule has 0 fully saturated rings. The highest BCUT2D eigenvalue weighted by Gasteiger charge is 2.09. The zero-order valence-corrected chi connectivity index (χ0v) is 12.5. The van der Waals surface area contributed by atoms with Crippen LogP contribution in [0, 0.1) is 5.92 Å². The first-order valence-electron chi connectivity index (χ1n) is 7.13. The van der Waals surface area contributed by atoms with E-state index in [1.54, 1.807) is 12.4 Å². The Labute approximate surface area is 124 Å². The van der Waals surface area contributed by atoms with Gasteiger partial charge in [0, 0.05) is 18.0 Å². The van der Waals surface area contributed by atoms with Crippen LogP contribution >= 0.6 is 0 Å². The third-order valence-electron chi connectivity index (χ3n) is 3.32. The second-order valence-corrected chi connectivity index (χ2v) is 5.53. The SMILES string of the molecule is CC(=CC(C)C)c1nc2cc(-c3ccncc3)ccc2o1. The summed E-state index contributed by atoms with van der Waals surface area (Å²) in [5.41, 5.74) is 5.03. The first-order valence-corrected chi connectivity index (χ1v) is 7.13. The Balaban J connectivity index is 2.03. The Morgan fingerprint density at radius 2 is 1.86 bits per heavy atom. The molecule has 0 spiro atoms. The fraction of sp³-hybridized carbons (Fsp3) is 0.222. The lowest BCUT2D eigenvalue weighted by atomic mass is 10.1. The summed E-state index contributed by atoms with van der Waals surface area (Å²) in [4.78, 5) is 8.65. The van der Waals surface area contributed by atoms with E-state index in [0.717, 1.165) is 27.8 Å². The molecule has 2 heterocycles. The molecule has 3 heteroatoms. The molecular formula is C18H18N2O. The maximum Gasteiger partial charge on any atom is 0.222 e. The predicted octanol–water partition coefficient (Wildman–Crippen LogP) is 4.95. The summed E-state index contributed by atoms with van der Waals surface area (Å²) in [7, 11) is 0. The summed E-state index contributed by atoms with van der Waals surface area (Å²) in [6, 6.07) is 10.1. The van der Waals surface area contributed by atoms with Crippen molar-refractivity contribution in [2.24, 2.45) is 5.92 Å². The number of pyridine rings is 1. The van der Waals surface area contributed by atoms with E-state index in [2.05, 4.69) is 36.0 Å². The highest BCUT2D eigenvalue weighted by atomic mass is 16.3. The van der Waals surface area contributed by atoms with Crippen molar-refractivity contribution in [2.45, 2.75) is 20.8 Å². The third kappa shape index (κ3) is 2.87. The monoisotopic (exact) mass is 278 g/mol. The van der Waals surface area contributed by atoms with Crippen molar-refractivity contribution in [1.82, 2.24) is 9.97 Å². The normalized spacial score (nSPS) is 12.3. The van der Waals surface area contributed by atoms with E-state index in [0.29, 0.717) is 11.8 Å². The molecule has 3 aromatic rings. The molecule has 0 aliphatic rings. The molecule has 0 aliphatic carbocycles. The predicted molar refractivity (Wildman–Crippen MR) is 85.7 cm³/mol. The Bertz CT molecular complexity index is 785. The summed E-state index contributed by atoms with van der Waals surface area (Å²) in [6.45, 7) is 6.33. The Morgan fingerprint density at radius 1 is 1.10 bits per heavy atom. The molecule has 0 bridgehead atoms. The molecule has 2 aromatic heterocycles. The van der Waals surface area contributed by atoms with E-state index >= 15 is 0 Å². The van der Waals surface area contributed by atoms with E-state index in [1.807, 2.05) is 31.2 Å². The molecule has 0 atom stereocenters. The van der Waals surface area contributed by atoms with E-state index in [9.17, 15) is 0 Å². The van der Waals surface area contributed by atoms with Crippen LogP contribution in [0.2, 0.25) is 0 Å². The van der Waals surface area contributed by atoms with Gasteiger partial charge in [-0.05, 0) is 48.2 Å². The van der Waals surface area contributed by atoms with Crippen molar-refractivity contribution in [3.8, 4) is 11.1 Å². The second kappa shape index (κ2) is 5.52. The number of aromatic nitrogens is 2. The summed E-state index contributed by atoms with van der Waals surface area (Å²) in [6.07, 6.45) is 5.75. The van der Waals surface area contributed by atoms with Gasteiger partial charge in [-0.1, -0.05) is 26.0 Å². The molecule has 0 amide bonds. The topological polar surface area (TPSA) is 38.9 Å². The smallest absolute Gasteiger partial charge is 0.222 e. The summed E-state index contributed by atoms with van der Waals surface area (Å²) in [5.74, 6) is 1.18. The van der Waals surface area contributed by atoms with E-state index < -0.39 is 0 Å². The molecule has 0 unspecified atom stereocenters. The van der Waals surface area contributed by atoms with Crippen molar-refractivity contribution in [2.75, 3.05) is 0 Å². The maximum atomic E-state index is 5.83. The standard InChI is InChI=1S/C18H18N2O/c1-12(2)10-13(3)18-20-16-11-15(4-5-17(16)21-18)14-6-8-19-9-7-14/h4-12H,1-3H3. The average molecular weight is 278 g/mol. The van der Waals surface area contributed by atoms with E-state index in [1.165, 1.54) is 0 Å². The minimum absolute atomic E-state index is 0.479. The van der Waals surface area contributed by atoms with Gasteiger partial charge < -0.3 is 4.42 Å². The molecule has 0 saturated heterocycles. The summed E-state index contributed by atoms with van der Waals surface area (Å²) in [5, 5.41) is 0. The van der Waals surface area contributed by atoms with Crippen LogP contribution in [0.15, 0.2) is 53.2 Å². The molecule has 0 radical (unpaired) electrons. The zero-order chi connectivity index (χ0) is 14.8. The Hall–Kier alpha value is -2.42. The van der Waals surface area contributed by atoms with Gasteiger partial charge in [-0.3, -0.25) is 4.98 Å². The third-order valence-corrected chi connectivity index (χ3v) is 3.32. The lowest BCUT2D eigenvalue weighted by molar-refractivity contribution is 0.582. The molecular weight excluding hydrogens is 260 g/mol. The number of hydrogen-bond donors (Lipinski definition) is 0. The maximum absolute atomic E-state index is 5.83. The van der Waals surface area contributed by atoms with Crippen LogP contribution in [0.4, 0.5) is 0 Å². The van der Waals surface area contributed by atoms with Crippen LogP contribution in [-0.2, 0) is 0 Å². The first kappa shape index (κ1) is 13.6. The van der Waals surface area contributed by atoms with Gasteiger partial charge in [0.2, 0.25) is 5.89 Å². The Morgan fingerprint density at radius 3 is 2.57 bits per heavy atom. The van der Waals surface area contributed by atoms with Crippen molar-refractivity contribution < 1.29 is 4.42 Å². The quantitative estimate of drug-likeness (QED) is 0.680. The average Bonchev–Trinajstić information content (AvgIpc) is 2.90. The number of benzene rings is 1.